The molecule has 2 rings (SSSR count). The molecule has 1 fully saturated rings. The van der Waals surface area contributed by atoms with Gasteiger partial charge < -0.3 is 14.4 Å². The number of nitrogens with zero attached hydrogens (tertiary/aromatic N) is 3. The molecule has 1 amide bonds. The average molecular weight is 293 g/mol. The lowest BCUT2D eigenvalue weighted by Crippen LogP contribution is -2.48. The van der Waals surface area contributed by atoms with Gasteiger partial charge >= 0.3 is 0 Å². The molecule has 0 saturated carbocycles. The largest absolute Gasteiger partial charge is 0.481 e. The van der Waals surface area contributed by atoms with E-state index in [4.69, 9.17) is 9.47 Å². The minimum absolute atomic E-state index is 0.183. The Labute approximate surface area is 125 Å². The SMILES string of the molecule is COCCC(=O)N1CCN(Cc2ccc(OC)nc2)CC1. The van der Waals surface area contributed by atoms with Crippen molar-refractivity contribution in [2.45, 2.75) is 13.0 Å². The topological polar surface area (TPSA) is 54.9 Å². The minimum Gasteiger partial charge on any atom is -0.481 e. The number of hydrogen-bond donors (Lipinski definition) is 0. The quantitative estimate of drug-likeness (QED) is 0.775. The van der Waals surface area contributed by atoms with Crippen LogP contribution in [0.4, 0.5) is 0 Å². The predicted octanol–water partition coefficient (Wildman–Crippen LogP) is 0.771. The van der Waals surface area contributed by atoms with Gasteiger partial charge in [0.25, 0.3) is 0 Å². The van der Waals surface area contributed by atoms with Gasteiger partial charge in [-0.2, -0.15) is 0 Å². The molecule has 0 N–H and O–H groups in total. The zero-order valence-electron chi connectivity index (χ0n) is 12.7. The summed E-state index contributed by atoms with van der Waals surface area (Å²) in [6.45, 7) is 4.71. The molecule has 0 radical (unpaired) electrons. The highest BCUT2D eigenvalue weighted by molar-refractivity contribution is 5.76. The lowest BCUT2D eigenvalue weighted by molar-refractivity contribution is -0.133. The fraction of sp³-hybridized carbons (Fsp3) is 0.600. The van der Waals surface area contributed by atoms with Gasteiger partial charge in [0.15, 0.2) is 0 Å². The Bertz CT molecular complexity index is 442. The van der Waals surface area contributed by atoms with Crippen LogP contribution in [0.5, 0.6) is 5.88 Å². The zero-order chi connectivity index (χ0) is 15.1. The summed E-state index contributed by atoms with van der Waals surface area (Å²) in [7, 11) is 3.23. The van der Waals surface area contributed by atoms with Crippen molar-refractivity contribution in [1.29, 1.82) is 0 Å². The number of pyridine rings is 1. The summed E-state index contributed by atoms with van der Waals surface area (Å²) in [4.78, 5) is 20.4. The van der Waals surface area contributed by atoms with Crippen molar-refractivity contribution in [3.8, 4) is 5.88 Å². The summed E-state index contributed by atoms with van der Waals surface area (Å²) in [5.41, 5.74) is 1.16. The molecular weight excluding hydrogens is 270 g/mol. The van der Waals surface area contributed by atoms with E-state index in [2.05, 4.69) is 9.88 Å². The standard InChI is InChI=1S/C15H23N3O3/c1-20-10-5-15(19)18-8-6-17(7-9-18)12-13-3-4-14(21-2)16-11-13/h3-4,11H,5-10,12H2,1-2H3. The molecule has 1 aliphatic heterocycles. The number of carbonyl (C=O) groups is 1. The van der Waals surface area contributed by atoms with Crippen LogP contribution in [0.1, 0.15) is 12.0 Å². The highest BCUT2D eigenvalue weighted by atomic mass is 16.5. The summed E-state index contributed by atoms with van der Waals surface area (Å²) in [5.74, 6) is 0.815. The first-order chi connectivity index (χ1) is 10.2. The summed E-state index contributed by atoms with van der Waals surface area (Å²) < 4.78 is 10.00. The second kappa shape index (κ2) is 7.95. The fourth-order valence-corrected chi connectivity index (χ4v) is 2.39. The summed E-state index contributed by atoms with van der Waals surface area (Å²) >= 11 is 0. The maximum atomic E-state index is 11.9. The Balaban J connectivity index is 1.76. The van der Waals surface area contributed by atoms with Crippen LogP contribution in [0, 0.1) is 0 Å². The monoisotopic (exact) mass is 293 g/mol. The third-order valence-corrected chi connectivity index (χ3v) is 3.66. The number of methoxy groups -OCH3 is 2. The van der Waals surface area contributed by atoms with Crippen LogP contribution < -0.4 is 4.74 Å². The van der Waals surface area contributed by atoms with E-state index in [0.29, 0.717) is 18.9 Å². The molecule has 116 valence electrons. The maximum Gasteiger partial charge on any atom is 0.224 e. The highest BCUT2D eigenvalue weighted by Gasteiger charge is 2.20. The van der Waals surface area contributed by atoms with Gasteiger partial charge in [-0.05, 0) is 5.56 Å². The van der Waals surface area contributed by atoms with Crippen molar-refractivity contribution in [3.63, 3.8) is 0 Å². The van der Waals surface area contributed by atoms with Gasteiger partial charge in [-0.15, -0.1) is 0 Å². The highest BCUT2D eigenvalue weighted by Crippen LogP contribution is 2.11. The molecule has 21 heavy (non-hydrogen) atoms. The number of aromatic nitrogens is 1. The summed E-state index contributed by atoms with van der Waals surface area (Å²) in [6, 6.07) is 3.90. The van der Waals surface area contributed by atoms with Crippen LogP contribution in [0.15, 0.2) is 18.3 Å². The molecule has 0 spiro atoms. The van der Waals surface area contributed by atoms with Crippen molar-refractivity contribution in [2.75, 3.05) is 47.0 Å². The van der Waals surface area contributed by atoms with Crippen LogP contribution >= 0.6 is 0 Å². The zero-order valence-corrected chi connectivity index (χ0v) is 12.7. The van der Waals surface area contributed by atoms with Crippen molar-refractivity contribution < 1.29 is 14.3 Å². The Morgan fingerprint density at radius 2 is 2.00 bits per heavy atom. The van der Waals surface area contributed by atoms with Crippen LogP contribution in [-0.4, -0.2) is 67.7 Å². The predicted molar refractivity (Wildman–Crippen MR) is 79.1 cm³/mol. The summed E-state index contributed by atoms with van der Waals surface area (Å²) in [6.07, 6.45) is 2.31. The van der Waals surface area contributed by atoms with E-state index in [9.17, 15) is 4.79 Å². The first kappa shape index (κ1) is 15.7. The van der Waals surface area contributed by atoms with Crippen LogP contribution in [0.2, 0.25) is 0 Å². The third kappa shape index (κ3) is 4.68. The van der Waals surface area contributed by atoms with Crippen molar-refractivity contribution >= 4 is 5.91 Å². The number of amides is 1. The van der Waals surface area contributed by atoms with Crippen LogP contribution in [-0.2, 0) is 16.1 Å². The second-order valence-corrected chi connectivity index (χ2v) is 5.11. The Kier molecular flexibility index (Phi) is 5.95. The average Bonchev–Trinajstić information content (AvgIpc) is 2.54. The van der Waals surface area contributed by atoms with Crippen LogP contribution in [0.25, 0.3) is 0 Å². The molecule has 6 heteroatoms. The van der Waals surface area contributed by atoms with Gasteiger partial charge in [-0.25, -0.2) is 4.98 Å². The molecule has 0 aromatic carbocycles. The molecule has 0 bridgehead atoms. The van der Waals surface area contributed by atoms with Gasteiger partial charge in [0, 0.05) is 52.1 Å². The number of rotatable bonds is 6. The van der Waals surface area contributed by atoms with E-state index in [1.807, 2.05) is 23.2 Å². The van der Waals surface area contributed by atoms with Crippen molar-refractivity contribution in [2.24, 2.45) is 0 Å². The Morgan fingerprint density at radius 3 is 2.57 bits per heavy atom. The molecule has 1 aromatic heterocycles. The first-order valence-electron chi connectivity index (χ1n) is 7.21. The Hall–Kier alpha value is -1.66. The van der Waals surface area contributed by atoms with Gasteiger partial charge in [0.05, 0.1) is 20.1 Å². The van der Waals surface area contributed by atoms with Crippen LogP contribution in [0.3, 0.4) is 0 Å². The van der Waals surface area contributed by atoms with Crippen molar-refractivity contribution in [3.05, 3.63) is 23.9 Å². The fourth-order valence-electron chi connectivity index (χ4n) is 2.39. The van der Waals surface area contributed by atoms with Crippen molar-refractivity contribution in [1.82, 2.24) is 14.8 Å². The van der Waals surface area contributed by atoms with E-state index in [0.717, 1.165) is 38.3 Å². The number of ether oxygens (including phenoxy) is 2. The van der Waals surface area contributed by atoms with E-state index < -0.39 is 0 Å². The molecule has 2 heterocycles. The lowest BCUT2D eigenvalue weighted by Gasteiger charge is -2.34. The first-order valence-corrected chi connectivity index (χ1v) is 7.21. The van der Waals surface area contributed by atoms with E-state index in [1.54, 1.807) is 14.2 Å². The molecule has 1 aliphatic rings. The second-order valence-electron chi connectivity index (χ2n) is 5.11. The molecule has 1 saturated heterocycles. The summed E-state index contributed by atoms with van der Waals surface area (Å²) in [5, 5.41) is 0. The number of piperazine rings is 1. The van der Waals surface area contributed by atoms with Gasteiger partial charge in [0.2, 0.25) is 11.8 Å². The van der Waals surface area contributed by atoms with Gasteiger partial charge in [-0.3, -0.25) is 9.69 Å². The third-order valence-electron chi connectivity index (χ3n) is 3.66. The Morgan fingerprint density at radius 1 is 1.24 bits per heavy atom. The smallest absolute Gasteiger partial charge is 0.224 e. The maximum absolute atomic E-state index is 11.9. The molecule has 0 unspecified atom stereocenters. The van der Waals surface area contributed by atoms with E-state index in [1.165, 1.54) is 0 Å². The molecule has 6 nitrogen and oxygen atoms in total. The molecule has 1 aromatic rings. The lowest BCUT2D eigenvalue weighted by atomic mass is 10.2. The number of carbonyl (C=O) groups excluding carboxylic acids is 1. The van der Waals surface area contributed by atoms with Gasteiger partial charge in [-0.1, -0.05) is 6.07 Å². The normalized spacial score (nSPS) is 16.0. The molecular formula is C15H23N3O3. The van der Waals surface area contributed by atoms with Gasteiger partial charge in [0.1, 0.15) is 0 Å². The minimum atomic E-state index is 0.183. The van der Waals surface area contributed by atoms with E-state index >= 15 is 0 Å². The molecule has 0 aliphatic carbocycles. The molecule has 0 atom stereocenters. The number of hydrogen-bond acceptors (Lipinski definition) is 5. The van der Waals surface area contributed by atoms with E-state index in [-0.39, 0.29) is 5.91 Å².